The lowest BCUT2D eigenvalue weighted by Gasteiger charge is -2.12. The maximum Gasteiger partial charge on any atom is 0.417 e. The number of halogens is 3. The van der Waals surface area contributed by atoms with Gasteiger partial charge in [-0.2, -0.15) is 13.2 Å². The molecule has 0 heterocycles. The van der Waals surface area contributed by atoms with E-state index in [9.17, 15) is 18.0 Å². The van der Waals surface area contributed by atoms with Gasteiger partial charge in [0.1, 0.15) is 5.75 Å². The van der Waals surface area contributed by atoms with E-state index < -0.39 is 17.5 Å². The summed E-state index contributed by atoms with van der Waals surface area (Å²) in [5.41, 5.74) is -1.04. The van der Waals surface area contributed by atoms with Crippen molar-refractivity contribution >= 4 is 11.4 Å². The van der Waals surface area contributed by atoms with E-state index in [-0.39, 0.29) is 16.9 Å². The summed E-state index contributed by atoms with van der Waals surface area (Å²) in [7, 11) is 0. The second-order valence-electron chi connectivity index (χ2n) is 4.33. The maximum absolute atomic E-state index is 13.1. The molecule has 0 unspecified atom stereocenters. The molecule has 21 heavy (non-hydrogen) atoms. The summed E-state index contributed by atoms with van der Waals surface area (Å²) in [5, 5.41) is 9.13. The molecule has 1 N–H and O–H groups in total. The molecule has 0 amide bonds. The molecule has 0 aliphatic rings. The number of carbonyl (C=O) groups excluding carboxylic acids is 1. The van der Waals surface area contributed by atoms with E-state index in [2.05, 4.69) is 0 Å². The van der Waals surface area contributed by atoms with Crippen LogP contribution < -0.4 is 0 Å². The van der Waals surface area contributed by atoms with Crippen molar-refractivity contribution in [2.24, 2.45) is 0 Å². The molecular formula is C16H11F3O2. The van der Waals surface area contributed by atoms with Crippen LogP contribution in [0.4, 0.5) is 13.2 Å². The number of aromatic hydroxyl groups is 1. The number of hydrogen-bond acceptors (Lipinski definition) is 2. The Morgan fingerprint density at radius 2 is 1.48 bits per heavy atom. The topological polar surface area (TPSA) is 37.3 Å². The van der Waals surface area contributed by atoms with Crippen molar-refractivity contribution < 1.29 is 23.1 Å². The summed E-state index contributed by atoms with van der Waals surface area (Å²) < 4.78 is 39.3. The molecule has 2 aromatic carbocycles. The quantitative estimate of drug-likeness (QED) is 0.679. The number of phenolic OH excluding ortho intramolecular Hbond substituents is 1. The van der Waals surface area contributed by atoms with E-state index in [1.807, 2.05) is 0 Å². The molecule has 0 bridgehead atoms. The first-order chi connectivity index (χ1) is 9.88. The molecule has 0 spiro atoms. The average molecular weight is 292 g/mol. The maximum atomic E-state index is 13.1. The Morgan fingerprint density at radius 1 is 0.905 bits per heavy atom. The Morgan fingerprint density at radius 3 is 2.00 bits per heavy atom. The summed E-state index contributed by atoms with van der Waals surface area (Å²) in [5.74, 6) is -0.870. The molecule has 0 fully saturated rings. The number of phenols is 1. The minimum absolute atomic E-state index is 0.144. The van der Waals surface area contributed by atoms with Crippen LogP contribution in [-0.2, 0) is 0 Å². The number of benzene rings is 2. The van der Waals surface area contributed by atoms with Gasteiger partial charge in [-0.15, -0.1) is 0 Å². The normalized spacial score (nSPS) is 12.2. The molecule has 0 aliphatic heterocycles. The van der Waals surface area contributed by atoms with E-state index in [0.29, 0.717) is 6.08 Å². The van der Waals surface area contributed by atoms with Crippen molar-refractivity contribution in [3.8, 4) is 5.75 Å². The third kappa shape index (κ3) is 3.72. The van der Waals surface area contributed by atoms with Crippen molar-refractivity contribution in [1.82, 2.24) is 0 Å². The number of rotatable bonds is 3. The monoisotopic (exact) mass is 292 g/mol. The number of alkyl halides is 3. The highest BCUT2D eigenvalue weighted by Crippen LogP contribution is 2.34. The standard InChI is InChI=1S/C16H11F3O2/c17-16(18,19)14(11-6-8-13(20)9-7-11)10-15(21)12-4-2-1-3-5-12/h1-10,20H/b14-10+. The van der Waals surface area contributed by atoms with Crippen LogP contribution in [0.2, 0.25) is 0 Å². The summed E-state index contributed by atoms with van der Waals surface area (Å²) in [6, 6.07) is 12.2. The SMILES string of the molecule is O=C(/C=C(\c1ccc(O)cc1)C(F)(F)F)c1ccccc1. The van der Waals surface area contributed by atoms with Crippen LogP contribution in [0.1, 0.15) is 15.9 Å². The lowest BCUT2D eigenvalue weighted by atomic mass is 10.0. The van der Waals surface area contributed by atoms with E-state index in [1.165, 1.54) is 12.1 Å². The fraction of sp³-hybridized carbons (Fsp3) is 0.0625. The fourth-order valence-electron chi connectivity index (χ4n) is 1.79. The predicted molar refractivity (Wildman–Crippen MR) is 72.9 cm³/mol. The van der Waals surface area contributed by atoms with Gasteiger partial charge in [-0.3, -0.25) is 4.79 Å². The summed E-state index contributed by atoms with van der Waals surface area (Å²) in [6.07, 6.45) is -4.09. The highest BCUT2D eigenvalue weighted by atomic mass is 19.4. The predicted octanol–water partition coefficient (Wildman–Crippen LogP) is 4.22. The molecule has 0 aromatic heterocycles. The van der Waals surface area contributed by atoms with Gasteiger partial charge in [-0.05, 0) is 23.8 Å². The fourth-order valence-corrected chi connectivity index (χ4v) is 1.79. The minimum atomic E-state index is -4.67. The molecule has 0 atom stereocenters. The summed E-state index contributed by atoms with van der Waals surface area (Å²) >= 11 is 0. The Balaban J connectivity index is 2.44. The van der Waals surface area contributed by atoms with E-state index >= 15 is 0 Å². The Hall–Kier alpha value is -2.56. The van der Waals surface area contributed by atoms with Crippen LogP contribution in [0.15, 0.2) is 60.7 Å². The van der Waals surface area contributed by atoms with Gasteiger partial charge < -0.3 is 5.11 Å². The van der Waals surface area contributed by atoms with E-state index in [1.54, 1.807) is 18.2 Å². The van der Waals surface area contributed by atoms with Crippen molar-refractivity contribution in [1.29, 1.82) is 0 Å². The lowest BCUT2D eigenvalue weighted by Crippen LogP contribution is -2.12. The van der Waals surface area contributed by atoms with Gasteiger partial charge in [-0.25, -0.2) is 0 Å². The zero-order valence-corrected chi connectivity index (χ0v) is 10.8. The van der Waals surface area contributed by atoms with Gasteiger partial charge in [0.25, 0.3) is 0 Å². The average Bonchev–Trinajstić information content (AvgIpc) is 2.45. The van der Waals surface area contributed by atoms with Gasteiger partial charge in [-0.1, -0.05) is 42.5 Å². The zero-order chi connectivity index (χ0) is 15.5. The summed E-state index contributed by atoms with van der Waals surface area (Å²) in [6.45, 7) is 0. The van der Waals surface area contributed by atoms with Gasteiger partial charge in [0.05, 0.1) is 5.57 Å². The van der Waals surface area contributed by atoms with Crippen LogP contribution in [0.3, 0.4) is 0 Å². The first-order valence-electron chi connectivity index (χ1n) is 6.05. The molecule has 2 aromatic rings. The molecule has 108 valence electrons. The second-order valence-corrected chi connectivity index (χ2v) is 4.33. The third-order valence-electron chi connectivity index (χ3n) is 2.82. The van der Waals surface area contributed by atoms with E-state index in [4.69, 9.17) is 5.11 Å². The Kier molecular flexibility index (Phi) is 4.12. The smallest absolute Gasteiger partial charge is 0.417 e. The van der Waals surface area contributed by atoms with Crippen LogP contribution in [0.5, 0.6) is 5.75 Å². The van der Waals surface area contributed by atoms with Crippen molar-refractivity contribution in [2.75, 3.05) is 0 Å². The van der Waals surface area contributed by atoms with Gasteiger partial charge >= 0.3 is 6.18 Å². The molecule has 5 heteroatoms. The lowest BCUT2D eigenvalue weighted by molar-refractivity contribution is -0.0689. The molecule has 0 saturated carbocycles. The van der Waals surface area contributed by atoms with Crippen LogP contribution in [0.25, 0.3) is 5.57 Å². The Bertz CT molecular complexity index is 656. The first kappa shape index (κ1) is 14.8. The van der Waals surface area contributed by atoms with Gasteiger partial charge in [0.15, 0.2) is 5.78 Å². The first-order valence-corrected chi connectivity index (χ1v) is 6.05. The summed E-state index contributed by atoms with van der Waals surface area (Å²) in [4.78, 5) is 11.9. The highest BCUT2D eigenvalue weighted by molar-refractivity contribution is 6.09. The highest BCUT2D eigenvalue weighted by Gasteiger charge is 2.35. The second kappa shape index (κ2) is 5.83. The third-order valence-corrected chi connectivity index (χ3v) is 2.82. The number of allylic oxidation sites excluding steroid dienone is 2. The number of hydrogen-bond donors (Lipinski definition) is 1. The van der Waals surface area contributed by atoms with Crippen LogP contribution >= 0.6 is 0 Å². The number of carbonyl (C=O) groups is 1. The molecule has 2 rings (SSSR count). The van der Waals surface area contributed by atoms with Crippen LogP contribution in [0, 0.1) is 0 Å². The van der Waals surface area contributed by atoms with Crippen molar-refractivity contribution in [2.45, 2.75) is 6.18 Å². The molecular weight excluding hydrogens is 281 g/mol. The van der Waals surface area contributed by atoms with Gasteiger partial charge in [0.2, 0.25) is 0 Å². The van der Waals surface area contributed by atoms with Crippen molar-refractivity contribution in [3.63, 3.8) is 0 Å². The van der Waals surface area contributed by atoms with Crippen molar-refractivity contribution in [3.05, 3.63) is 71.8 Å². The largest absolute Gasteiger partial charge is 0.508 e. The molecule has 0 aliphatic carbocycles. The molecule has 0 radical (unpaired) electrons. The van der Waals surface area contributed by atoms with Crippen LogP contribution in [-0.4, -0.2) is 17.1 Å². The van der Waals surface area contributed by atoms with Gasteiger partial charge in [0, 0.05) is 5.56 Å². The molecule has 2 nitrogen and oxygen atoms in total. The molecule has 0 saturated heterocycles. The minimum Gasteiger partial charge on any atom is -0.508 e. The number of ketones is 1. The van der Waals surface area contributed by atoms with E-state index in [0.717, 1.165) is 24.3 Å². The zero-order valence-electron chi connectivity index (χ0n) is 10.8. The Labute approximate surface area is 119 Å².